The van der Waals surface area contributed by atoms with Gasteiger partial charge in [0.2, 0.25) is 5.95 Å². The fraction of sp³-hybridized carbons (Fsp3) is 0.231. The molecule has 0 aliphatic rings. The van der Waals surface area contributed by atoms with Gasteiger partial charge in [0.15, 0.2) is 5.16 Å². The fourth-order valence-electron chi connectivity index (χ4n) is 1.62. The van der Waals surface area contributed by atoms with Crippen LogP contribution in [0.4, 0.5) is 5.95 Å². The van der Waals surface area contributed by atoms with Crippen molar-refractivity contribution in [1.29, 1.82) is 0 Å². The number of nitrogens with zero attached hydrogens (tertiary/aromatic N) is 3. The van der Waals surface area contributed by atoms with E-state index in [9.17, 15) is 0 Å². The zero-order chi connectivity index (χ0) is 13.0. The third-order valence-electron chi connectivity index (χ3n) is 2.68. The largest absolute Gasteiger partial charge is 0.368 e. The molecule has 0 aliphatic carbocycles. The van der Waals surface area contributed by atoms with Crippen molar-refractivity contribution in [3.8, 4) is 0 Å². The maximum absolute atomic E-state index is 5.75. The van der Waals surface area contributed by atoms with E-state index in [0.29, 0.717) is 12.5 Å². The van der Waals surface area contributed by atoms with Gasteiger partial charge in [-0.15, -0.1) is 16.8 Å². The number of benzene rings is 1. The van der Waals surface area contributed by atoms with E-state index in [2.05, 4.69) is 35.8 Å². The number of hydrogen-bond acceptors (Lipinski definition) is 4. The molecule has 0 aliphatic heterocycles. The molecule has 4 nitrogen and oxygen atoms in total. The molecule has 0 bridgehead atoms. The molecule has 0 saturated heterocycles. The van der Waals surface area contributed by atoms with Crippen molar-refractivity contribution in [2.24, 2.45) is 0 Å². The first-order valence-corrected chi connectivity index (χ1v) is 6.68. The molecule has 2 rings (SSSR count). The van der Waals surface area contributed by atoms with Crippen LogP contribution in [0.25, 0.3) is 0 Å². The second-order valence-corrected chi connectivity index (χ2v) is 4.90. The van der Waals surface area contributed by atoms with E-state index < -0.39 is 0 Å². The number of hydrogen-bond donors (Lipinski definition) is 1. The van der Waals surface area contributed by atoms with Crippen LogP contribution in [0.15, 0.2) is 42.1 Å². The molecule has 1 aromatic heterocycles. The lowest BCUT2D eigenvalue weighted by molar-refractivity contribution is 0.733. The lowest BCUT2D eigenvalue weighted by Crippen LogP contribution is -2.03. The van der Waals surface area contributed by atoms with E-state index in [1.165, 1.54) is 11.1 Å². The molecule has 2 N–H and O–H groups in total. The molecule has 0 unspecified atom stereocenters. The highest BCUT2D eigenvalue weighted by atomic mass is 32.2. The summed E-state index contributed by atoms with van der Waals surface area (Å²) in [6, 6.07) is 8.33. The highest BCUT2D eigenvalue weighted by Gasteiger charge is 2.09. The first-order valence-electron chi connectivity index (χ1n) is 5.69. The Labute approximate surface area is 111 Å². The van der Waals surface area contributed by atoms with Gasteiger partial charge < -0.3 is 5.73 Å². The number of allylic oxidation sites excluding steroid dienone is 1. The van der Waals surface area contributed by atoms with Gasteiger partial charge in [0.05, 0.1) is 0 Å². The maximum Gasteiger partial charge on any atom is 0.222 e. The Morgan fingerprint density at radius 1 is 1.39 bits per heavy atom. The van der Waals surface area contributed by atoms with E-state index >= 15 is 0 Å². The van der Waals surface area contributed by atoms with Crippen LogP contribution in [0.5, 0.6) is 0 Å². The summed E-state index contributed by atoms with van der Waals surface area (Å²) < 4.78 is 1.86. The van der Waals surface area contributed by atoms with Crippen molar-refractivity contribution in [1.82, 2.24) is 14.8 Å². The summed E-state index contributed by atoms with van der Waals surface area (Å²) in [4.78, 5) is 0. The normalized spacial score (nSPS) is 10.5. The molecule has 94 valence electrons. The average Bonchev–Trinajstić information content (AvgIpc) is 2.71. The molecular formula is C13H16N4S. The molecule has 0 spiro atoms. The van der Waals surface area contributed by atoms with Gasteiger partial charge in [-0.1, -0.05) is 42.1 Å². The number of aryl methyl sites for hydroxylation is 1. The summed E-state index contributed by atoms with van der Waals surface area (Å²) in [6.07, 6.45) is 1.79. The molecule has 5 heteroatoms. The lowest BCUT2D eigenvalue weighted by atomic mass is 10.1. The van der Waals surface area contributed by atoms with Gasteiger partial charge in [-0.2, -0.15) is 0 Å². The lowest BCUT2D eigenvalue weighted by Gasteiger charge is -2.06. The third-order valence-corrected chi connectivity index (χ3v) is 3.69. The van der Waals surface area contributed by atoms with Gasteiger partial charge >= 0.3 is 0 Å². The zero-order valence-corrected chi connectivity index (χ0v) is 11.2. The number of aromatic nitrogens is 3. The summed E-state index contributed by atoms with van der Waals surface area (Å²) >= 11 is 1.64. The highest BCUT2D eigenvalue weighted by molar-refractivity contribution is 7.98. The molecule has 0 atom stereocenters. The third kappa shape index (κ3) is 2.73. The van der Waals surface area contributed by atoms with E-state index in [0.717, 1.165) is 10.9 Å². The minimum absolute atomic E-state index is 0.433. The van der Waals surface area contributed by atoms with Gasteiger partial charge in [-0.3, -0.25) is 4.57 Å². The van der Waals surface area contributed by atoms with Crippen LogP contribution in [0.1, 0.15) is 11.1 Å². The molecule has 1 heterocycles. The number of nitrogen functional groups attached to an aromatic ring is 1. The molecule has 2 aromatic rings. The predicted molar refractivity (Wildman–Crippen MR) is 75.4 cm³/mol. The van der Waals surface area contributed by atoms with E-state index in [4.69, 9.17) is 5.73 Å². The van der Waals surface area contributed by atoms with Crippen LogP contribution in [-0.2, 0) is 12.3 Å². The van der Waals surface area contributed by atoms with Gasteiger partial charge in [-0.25, -0.2) is 0 Å². The quantitative estimate of drug-likeness (QED) is 0.663. The number of rotatable bonds is 5. The topological polar surface area (TPSA) is 56.7 Å². The summed E-state index contributed by atoms with van der Waals surface area (Å²) in [5, 5.41) is 8.80. The first-order chi connectivity index (χ1) is 8.72. The number of anilines is 1. The zero-order valence-electron chi connectivity index (χ0n) is 10.3. The van der Waals surface area contributed by atoms with Crippen LogP contribution < -0.4 is 5.73 Å². The Morgan fingerprint density at radius 2 is 2.17 bits per heavy atom. The summed E-state index contributed by atoms with van der Waals surface area (Å²) in [5.41, 5.74) is 8.34. The molecule has 18 heavy (non-hydrogen) atoms. The minimum Gasteiger partial charge on any atom is -0.368 e. The molecule has 1 aromatic carbocycles. The average molecular weight is 260 g/mol. The number of thioether (sulfide) groups is 1. The minimum atomic E-state index is 0.433. The Hall–Kier alpha value is -1.75. The second kappa shape index (κ2) is 5.73. The summed E-state index contributed by atoms with van der Waals surface area (Å²) in [6.45, 7) is 6.45. The molecular weight excluding hydrogens is 244 g/mol. The standard InChI is InChI=1S/C13H16N4S/c1-3-8-17-12(14)15-16-13(17)18-9-11-7-5-4-6-10(11)2/h3-7H,1,8-9H2,2H3,(H2,14,15). The van der Waals surface area contributed by atoms with E-state index in [1.807, 2.05) is 16.7 Å². The summed E-state index contributed by atoms with van der Waals surface area (Å²) in [5.74, 6) is 1.30. The SMILES string of the molecule is C=CCn1c(N)nnc1SCc1ccccc1C. The second-order valence-electron chi connectivity index (χ2n) is 3.96. The Morgan fingerprint density at radius 3 is 2.89 bits per heavy atom. The molecule has 0 saturated carbocycles. The van der Waals surface area contributed by atoms with Crippen molar-refractivity contribution in [3.05, 3.63) is 48.0 Å². The van der Waals surface area contributed by atoms with Crippen molar-refractivity contribution in [2.75, 3.05) is 5.73 Å². The maximum atomic E-state index is 5.75. The van der Waals surface area contributed by atoms with Crippen molar-refractivity contribution >= 4 is 17.7 Å². The Balaban J connectivity index is 2.11. The number of nitrogens with two attached hydrogens (primary N) is 1. The Bertz CT molecular complexity index is 548. The van der Waals surface area contributed by atoms with Gasteiger partial charge in [0, 0.05) is 12.3 Å². The first kappa shape index (κ1) is 12.7. The molecule has 0 fully saturated rings. The highest BCUT2D eigenvalue weighted by Crippen LogP contribution is 2.24. The van der Waals surface area contributed by atoms with Crippen LogP contribution in [0.2, 0.25) is 0 Å². The van der Waals surface area contributed by atoms with E-state index in [-0.39, 0.29) is 0 Å². The molecule has 0 radical (unpaired) electrons. The van der Waals surface area contributed by atoms with E-state index in [1.54, 1.807) is 17.8 Å². The monoisotopic (exact) mass is 260 g/mol. The van der Waals surface area contributed by atoms with Crippen LogP contribution in [0.3, 0.4) is 0 Å². The molecule has 0 amide bonds. The van der Waals surface area contributed by atoms with Gasteiger partial charge in [-0.05, 0) is 18.1 Å². The van der Waals surface area contributed by atoms with Crippen LogP contribution in [-0.4, -0.2) is 14.8 Å². The van der Waals surface area contributed by atoms with Crippen LogP contribution in [0, 0.1) is 6.92 Å². The van der Waals surface area contributed by atoms with Crippen molar-refractivity contribution in [3.63, 3.8) is 0 Å². The van der Waals surface area contributed by atoms with Gasteiger partial charge in [0.25, 0.3) is 0 Å². The van der Waals surface area contributed by atoms with Crippen LogP contribution >= 0.6 is 11.8 Å². The predicted octanol–water partition coefficient (Wildman–Crippen LogP) is 2.65. The van der Waals surface area contributed by atoms with Crippen molar-refractivity contribution < 1.29 is 0 Å². The van der Waals surface area contributed by atoms with Gasteiger partial charge in [0.1, 0.15) is 0 Å². The van der Waals surface area contributed by atoms with Crippen molar-refractivity contribution in [2.45, 2.75) is 24.4 Å². The smallest absolute Gasteiger partial charge is 0.222 e. The summed E-state index contributed by atoms with van der Waals surface area (Å²) in [7, 11) is 0. The Kier molecular flexibility index (Phi) is 4.04. The fourth-order valence-corrected chi connectivity index (χ4v) is 2.65.